The summed E-state index contributed by atoms with van der Waals surface area (Å²) in [5.41, 5.74) is -0.644. The van der Waals surface area contributed by atoms with E-state index in [1.54, 1.807) is 0 Å². The Morgan fingerprint density at radius 1 is 1.70 bits per heavy atom. The van der Waals surface area contributed by atoms with Crippen LogP contribution in [0, 0.1) is 0 Å². The lowest BCUT2D eigenvalue weighted by molar-refractivity contribution is 0.195. The van der Waals surface area contributed by atoms with E-state index in [4.69, 9.17) is 5.11 Å². The Kier molecular flexibility index (Phi) is 1.49. The fourth-order valence-corrected chi connectivity index (χ4v) is 0.506. The first-order valence-electron chi connectivity index (χ1n) is 2.48. The number of aromatic nitrogens is 2. The van der Waals surface area contributed by atoms with E-state index in [0.29, 0.717) is 4.57 Å². The monoisotopic (exact) mass is 140 g/mol. The molecule has 10 heavy (non-hydrogen) atoms. The van der Waals surface area contributed by atoms with Gasteiger partial charge in [0.1, 0.15) is 0 Å². The van der Waals surface area contributed by atoms with Crippen molar-refractivity contribution < 1.29 is 9.90 Å². The lowest BCUT2D eigenvalue weighted by Gasteiger charge is -1.92. The van der Waals surface area contributed by atoms with Crippen LogP contribution in [0.5, 0.6) is 0 Å². The van der Waals surface area contributed by atoms with Gasteiger partial charge >= 0.3 is 6.09 Å². The molecule has 5 heteroatoms. The standard InChI is InChI=1S/C5H4N2O3/c8-4-3-6-1-2-7(4)5(9)10/h1-3H,(H,9,10). The number of nitrogens with zero attached hydrogens (tertiary/aromatic N) is 2. The van der Waals surface area contributed by atoms with Crippen molar-refractivity contribution in [2.45, 2.75) is 0 Å². The summed E-state index contributed by atoms with van der Waals surface area (Å²) in [5.74, 6) is 0. The first kappa shape index (κ1) is 6.47. The Balaban J connectivity index is 3.29. The molecule has 0 fully saturated rings. The van der Waals surface area contributed by atoms with Crippen molar-refractivity contribution in [3.05, 3.63) is 28.9 Å². The van der Waals surface area contributed by atoms with Crippen LogP contribution in [-0.2, 0) is 0 Å². The van der Waals surface area contributed by atoms with E-state index in [0.717, 1.165) is 12.4 Å². The van der Waals surface area contributed by atoms with E-state index in [9.17, 15) is 9.59 Å². The highest BCUT2D eigenvalue weighted by molar-refractivity contribution is 5.67. The molecule has 1 heterocycles. The summed E-state index contributed by atoms with van der Waals surface area (Å²) in [7, 11) is 0. The first-order valence-corrected chi connectivity index (χ1v) is 2.48. The average molecular weight is 140 g/mol. The molecule has 5 nitrogen and oxygen atoms in total. The van der Waals surface area contributed by atoms with Crippen LogP contribution >= 0.6 is 0 Å². The summed E-state index contributed by atoms with van der Waals surface area (Å²) in [6, 6.07) is 0. The number of hydrogen-bond acceptors (Lipinski definition) is 3. The summed E-state index contributed by atoms with van der Waals surface area (Å²) < 4.78 is 0.549. The van der Waals surface area contributed by atoms with E-state index in [2.05, 4.69) is 4.98 Å². The third-order valence-corrected chi connectivity index (χ3v) is 0.930. The van der Waals surface area contributed by atoms with Gasteiger partial charge in [-0.25, -0.2) is 9.36 Å². The number of carbonyl (C=O) groups is 1. The Labute approximate surface area is 55.6 Å². The van der Waals surface area contributed by atoms with Crippen LogP contribution in [0.4, 0.5) is 4.79 Å². The van der Waals surface area contributed by atoms with Crippen LogP contribution in [0.15, 0.2) is 23.4 Å². The van der Waals surface area contributed by atoms with E-state index in [1.807, 2.05) is 0 Å². The highest BCUT2D eigenvalue weighted by Gasteiger charge is 1.99. The van der Waals surface area contributed by atoms with Gasteiger partial charge in [0.15, 0.2) is 0 Å². The summed E-state index contributed by atoms with van der Waals surface area (Å²) in [6.07, 6.45) is 1.96. The third-order valence-electron chi connectivity index (χ3n) is 0.930. The van der Waals surface area contributed by atoms with Crippen LogP contribution in [0.1, 0.15) is 0 Å². The minimum atomic E-state index is -1.30. The van der Waals surface area contributed by atoms with E-state index in [1.165, 1.54) is 6.20 Å². The molecule has 0 saturated heterocycles. The van der Waals surface area contributed by atoms with Crippen LogP contribution in [-0.4, -0.2) is 20.8 Å². The van der Waals surface area contributed by atoms with Crippen molar-refractivity contribution in [3.63, 3.8) is 0 Å². The van der Waals surface area contributed by atoms with Crippen LogP contribution < -0.4 is 5.56 Å². The maximum Gasteiger partial charge on any atom is 0.418 e. The Morgan fingerprint density at radius 2 is 2.40 bits per heavy atom. The summed E-state index contributed by atoms with van der Waals surface area (Å²) in [4.78, 5) is 24.2. The molecule has 1 aromatic rings. The van der Waals surface area contributed by atoms with Gasteiger partial charge in [0.25, 0.3) is 5.56 Å². The maximum absolute atomic E-state index is 10.6. The molecular formula is C5H4N2O3. The molecule has 52 valence electrons. The van der Waals surface area contributed by atoms with Crippen molar-refractivity contribution in [1.29, 1.82) is 0 Å². The van der Waals surface area contributed by atoms with Crippen molar-refractivity contribution in [2.75, 3.05) is 0 Å². The van der Waals surface area contributed by atoms with Crippen molar-refractivity contribution in [1.82, 2.24) is 9.55 Å². The highest BCUT2D eigenvalue weighted by Crippen LogP contribution is 1.75. The fraction of sp³-hybridized carbons (Fsp3) is 0. The molecule has 1 N–H and O–H groups in total. The van der Waals surface area contributed by atoms with Gasteiger partial charge in [0, 0.05) is 12.4 Å². The molecule has 0 saturated carbocycles. The molecule has 0 aromatic carbocycles. The van der Waals surface area contributed by atoms with Gasteiger partial charge in [-0.2, -0.15) is 0 Å². The quantitative estimate of drug-likeness (QED) is 0.540. The summed E-state index contributed by atoms with van der Waals surface area (Å²) in [6.45, 7) is 0. The van der Waals surface area contributed by atoms with Crippen molar-refractivity contribution in [2.24, 2.45) is 0 Å². The van der Waals surface area contributed by atoms with E-state index >= 15 is 0 Å². The fourth-order valence-electron chi connectivity index (χ4n) is 0.506. The molecule has 0 aliphatic carbocycles. The maximum atomic E-state index is 10.6. The second-order valence-electron chi connectivity index (χ2n) is 1.57. The molecule has 0 aliphatic heterocycles. The van der Waals surface area contributed by atoms with Crippen LogP contribution in [0.3, 0.4) is 0 Å². The van der Waals surface area contributed by atoms with Crippen LogP contribution in [0.25, 0.3) is 0 Å². The van der Waals surface area contributed by atoms with Crippen molar-refractivity contribution >= 4 is 6.09 Å². The largest absolute Gasteiger partial charge is 0.464 e. The topological polar surface area (TPSA) is 72.2 Å². The lowest BCUT2D eigenvalue weighted by Crippen LogP contribution is -2.24. The highest BCUT2D eigenvalue weighted by atomic mass is 16.4. The summed E-state index contributed by atoms with van der Waals surface area (Å²) >= 11 is 0. The van der Waals surface area contributed by atoms with Crippen molar-refractivity contribution in [3.8, 4) is 0 Å². The minimum Gasteiger partial charge on any atom is -0.464 e. The summed E-state index contributed by atoms with van der Waals surface area (Å²) in [5, 5.41) is 8.30. The zero-order valence-corrected chi connectivity index (χ0v) is 4.89. The Hall–Kier alpha value is -1.65. The smallest absolute Gasteiger partial charge is 0.418 e. The normalized spacial score (nSPS) is 9.20. The molecule has 0 spiro atoms. The number of carboxylic acid groups (broad SMARTS) is 1. The predicted molar refractivity (Wildman–Crippen MR) is 31.9 cm³/mol. The Morgan fingerprint density at radius 3 is 2.80 bits per heavy atom. The minimum absolute atomic E-state index is 0.549. The Bertz CT molecular complexity index is 304. The second-order valence-corrected chi connectivity index (χ2v) is 1.57. The zero-order valence-electron chi connectivity index (χ0n) is 4.89. The van der Waals surface area contributed by atoms with E-state index in [-0.39, 0.29) is 0 Å². The molecule has 0 unspecified atom stereocenters. The molecule has 0 amide bonds. The molecule has 0 bridgehead atoms. The van der Waals surface area contributed by atoms with Gasteiger partial charge in [0.05, 0.1) is 6.20 Å². The van der Waals surface area contributed by atoms with Gasteiger partial charge < -0.3 is 5.11 Å². The van der Waals surface area contributed by atoms with Gasteiger partial charge in [-0.1, -0.05) is 0 Å². The molecule has 0 aliphatic rings. The molecular weight excluding hydrogens is 136 g/mol. The first-order chi connectivity index (χ1) is 4.72. The van der Waals surface area contributed by atoms with Gasteiger partial charge in [-0.3, -0.25) is 9.78 Å². The van der Waals surface area contributed by atoms with Gasteiger partial charge in [-0.15, -0.1) is 0 Å². The van der Waals surface area contributed by atoms with Gasteiger partial charge in [0.2, 0.25) is 0 Å². The molecule has 0 atom stereocenters. The van der Waals surface area contributed by atoms with E-state index < -0.39 is 11.7 Å². The number of hydrogen-bond donors (Lipinski definition) is 1. The third kappa shape index (κ3) is 1.02. The SMILES string of the molecule is O=C(O)n1ccncc1=O. The lowest BCUT2D eigenvalue weighted by atomic mass is 10.7. The molecule has 1 rings (SSSR count). The second kappa shape index (κ2) is 2.30. The van der Waals surface area contributed by atoms with Gasteiger partial charge in [-0.05, 0) is 0 Å². The number of rotatable bonds is 0. The molecule has 1 aromatic heterocycles. The average Bonchev–Trinajstić information content (AvgIpc) is 1.88. The van der Waals surface area contributed by atoms with Crippen LogP contribution in [0.2, 0.25) is 0 Å². The predicted octanol–water partition coefficient (Wildman–Crippen LogP) is -0.231. The molecule has 0 radical (unpaired) electrons. The zero-order chi connectivity index (χ0) is 7.56.